The molecular weight excluding hydrogens is 408 g/mol. The van der Waals surface area contributed by atoms with Crippen LogP contribution in [0.5, 0.6) is 5.75 Å². The number of hydrogen-bond acceptors (Lipinski definition) is 3. The molecule has 6 heteroatoms. The van der Waals surface area contributed by atoms with Gasteiger partial charge in [0.25, 0.3) is 0 Å². The van der Waals surface area contributed by atoms with E-state index >= 15 is 0 Å². The first-order valence-electron chi connectivity index (χ1n) is 9.14. The van der Waals surface area contributed by atoms with Gasteiger partial charge in [-0.15, -0.1) is 0 Å². The predicted octanol–water partition coefficient (Wildman–Crippen LogP) is 4.40. The Morgan fingerprint density at radius 1 is 1.22 bits per heavy atom. The lowest BCUT2D eigenvalue weighted by Gasteiger charge is -2.17. The zero-order valence-electron chi connectivity index (χ0n) is 15.5. The van der Waals surface area contributed by atoms with Crippen LogP contribution in [-0.4, -0.2) is 25.0 Å². The van der Waals surface area contributed by atoms with Crippen molar-refractivity contribution in [2.75, 3.05) is 23.4 Å². The summed E-state index contributed by atoms with van der Waals surface area (Å²) in [5.41, 5.74) is 2.65. The Morgan fingerprint density at radius 2 is 1.96 bits per heavy atom. The van der Waals surface area contributed by atoms with Crippen LogP contribution in [0.25, 0.3) is 0 Å². The summed E-state index contributed by atoms with van der Waals surface area (Å²) >= 11 is 3.45. The van der Waals surface area contributed by atoms with Crippen LogP contribution in [0.2, 0.25) is 0 Å². The third-order valence-corrected chi connectivity index (χ3v) is 5.15. The van der Waals surface area contributed by atoms with E-state index < -0.39 is 0 Å². The molecule has 1 aliphatic heterocycles. The van der Waals surface area contributed by atoms with Gasteiger partial charge in [0.15, 0.2) is 0 Å². The van der Waals surface area contributed by atoms with Crippen LogP contribution in [0.15, 0.2) is 46.9 Å². The first kappa shape index (κ1) is 19.4. The zero-order chi connectivity index (χ0) is 19.4. The monoisotopic (exact) mass is 430 g/mol. The number of amides is 2. The van der Waals surface area contributed by atoms with Gasteiger partial charge in [-0.25, -0.2) is 0 Å². The fourth-order valence-corrected chi connectivity index (χ4v) is 3.64. The standard InChI is InChI=1S/C21H23BrN2O3/c1-3-14-11-16(22)5-10-19(14)23-21(26)15-12-20(25)24(13-15)17-6-8-18(9-7-17)27-4-2/h5-11,15H,3-4,12-13H2,1-2H3,(H,23,26)/t15-/m1/s1. The highest BCUT2D eigenvalue weighted by Gasteiger charge is 2.35. The summed E-state index contributed by atoms with van der Waals surface area (Å²) in [6.07, 6.45) is 1.04. The van der Waals surface area contributed by atoms with E-state index in [1.165, 1.54) is 0 Å². The minimum Gasteiger partial charge on any atom is -0.494 e. The van der Waals surface area contributed by atoms with Crippen molar-refractivity contribution in [3.8, 4) is 5.75 Å². The molecule has 2 aromatic carbocycles. The van der Waals surface area contributed by atoms with E-state index in [0.717, 1.165) is 33.6 Å². The maximum Gasteiger partial charge on any atom is 0.229 e. The second-order valence-electron chi connectivity index (χ2n) is 6.48. The molecule has 0 spiro atoms. The van der Waals surface area contributed by atoms with Crippen molar-refractivity contribution in [1.82, 2.24) is 0 Å². The Bertz CT molecular complexity index is 836. The van der Waals surface area contributed by atoms with Crippen molar-refractivity contribution in [3.05, 3.63) is 52.5 Å². The van der Waals surface area contributed by atoms with Gasteiger partial charge >= 0.3 is 0 Å². The Labute approximate surface area is 167 Å². The van der Waals surface area contributed by atoms with Gasteiger partial charge in [0, 0.05) is 28.8 Å². The number of carbonyl (C=O) groups is 2. The summed E-state index contributed by atoms with van der Waals surface area (Å²) in [7, 11) is 0. The summed E-state index contributed by atoms with van der Waals surface area (Å²) in [4.78, 5) is 26.8. The second kappa shape index (κ2) is 8.57. The number of rotatable bonds is 6. The molecule has 3 rings (SSSR count). The molecule has 1 fully saturated rings. The van der Waals surface area contributed by atoms with Crippen LogP contribution in [0.1, 0.15) is 25.8 Å². The molecule has 2 aromatic rings. The molecule has 0 unspecified atom stereocenters. The van der Waals surface area contributed by atoms with Crippen LogP contribution in [0, 0.1) is 5.92 Å². The molecule has 142 valence electrons. The number of aryl methyl sites for hydroxylation is 1. The molecule has 0 aromatic heterocycles. The number of anilines is 2. The number of hydrogen-bond donors (Lipinski definition) is 1. The van der Waals surface area contributed by atoms with E-state index in [2.05, 4.69) is 21.2 Å². The predicted molar refractivity (Wildman–Crippen MR) is 110 cm³/mol. The van der Waals surface area contributed by atoms with Crippen molar-refractivity contribution >= 4 is 39.1 Å². The molecule has 0 aliphatic carbocycles. The van der Waals surface area contributed by atoms with Gasteiger partial charge in [-0.3, -0.25) is 9.59 Å². The molecule has 1 aliphatic rings. The lowest BCUT2D eigenvalue weighted by atomic mass is 10.1. The zero-order valence-corrected chi connectivity index (χ0v) is 17.1. The Kier molecular flexibility index (Phi) is 6.16. The summed E-state index contributed by atoms with van der Waals surface area (Å²) in [6, 6.07) is 13.2. The Hall–Kier alpha value is -2.34. The maximum atomic E-state index is 12.7. The summed E-state index contributed by atoms with van der Waals surface area (Å²) in [5, 5.41) is 2.99. The van der Waals surface area contributed by atoms with E-state index in [-0.39, 0.29) is 24.2 Å². The fraction of sp³-hybridized carbons (Fsp3) is 0.333. The van der Waals surface area contributed by atoms with Gasteiger partial charge < -0.3 is 15.0 Å². The topological polar surface area (TPSA) is 58.6 Å². The molecule has 1 saturated heterocycles. The lowest BCUT2D eigenvalue weighted by Crippen LogP contribution is -2.28. The number of benzene rings is 2. The van der Waals surface area contributed by atoms with Crippen molar-refractivity contribution in [2.24, 2.45) is 5.92 Å². The third kappa shape index (κ3) is 4.50. The molecular formula is C21H23BrN2O3. The molecule has 2 amide bonds. The van der Waals surface area contributed by atoms with Crippen molar-refractivity contribution in [2.45, 2.75) is 26.7 Å². The van der Waals surface area contributed by atoms with Crippen molar-refractivity contribution < 1.29 is 14.3 Å². The van der Waals surface area contributed by atoms with Crippen LogP contribution < -0.4 is 15.0 Å². The molecule has 0 radical (unpaired) electrons. The average molecular weight is 431 g/mol. The maximum absolute atomic E-state index is 12.7. The fourth-order valence-electron chi connectivity index (χ4n) is 3.23. The van der Waals surface area contributed by atoms with Gasteiger partial charge in [-0.2, -0.15) is 0 Å². The molecule has 1 atom stereocenters. The quantitative estimate of drug-likeness (QED) is 0.738. The van der Waals surface area contributed by atoms with Gasteiger partial charge in [0.05, 0.1) is 12.5 Å². The largest absolute Gasteiger partial charge is 0.494 e. The number of nitrogens with one attached hydrogen (secondary N) is 1. The highest BCUT2D eigenvalue weighted by Crippen LogP contribution is 2.28. The first-order valence-corrected chi connectivity index (χ1v) is 9.93. The van der Waals surface area contributed by atoms with Gasteiger partial charge in [-0.05, 0) is 61.4 Å². The second-order valence-corrected chi connectivity index (χ2v) is 7.39. The van der Waals surface area contributed by atoms with Crippen LogP contribution in [0.3, 0.4) is 0 Å². The van der Waals surface area contributed by atoms with Crippen LogP contribution in [-0.2, 0) is 16.0 Å². The van der Waals surface area contributed by atoms with E-state index in [1.807, 2.05) is 56.3 Å². The molecule has 0 saturated carbocycles. The molecule has 27 heavy (non-hydrogen) atoms. The average Bonchev–Trinajstić information content (AvgIpc) is 3.06. The van der Waals surface area contributed by atoms with Crippen molar-refractivity contribution in [3.63, 3.8) is 0 Å². The lowest BCUT2D eigenvalue weighted by molar-refractivity contribution is -0.122. The number of carbonyl (C=O) groups excluding carboxylic acids is 2. The smallest absolute Gasteiger partial charge is 0.229 e. The summed E-state index contributed by atoms with van der Waals surface area (Å²) < 4.78 is 6.42. The highest BCUT2D eigenvalue weighted by molar-refractivity contribution is 9.10. The highest BCUT2D eigenvalue weighted by atomic mass is 79.9. The molecule has 1 heterocycles. The van der Waals surface area contributed by atoms with Gasteiger partial charge in [-0.1, -0.05) is 22.9 Å². The minimum absolute atomic E-state index is 0.0363. The Balaban J connectivity index is 1.68. The van der Waals surface area contributed by atoms with E-state index in [0.29, 0.717) is 13.2 Å². The molecule has 5 nitrogen and oxygen atoms in total. The van der Waals surface area contributed by atoms with Gasteiger partial charge in [0.1, 0.15) is 5.75 Å². The SMILES string of the molecule is CCOc1ccc(N2C[C@H](C(=O)Nc3ccc(Br)cc3CC)CC2=O)cc1. The van der Waals surface area contributed by atoms with Crippen LogP contribution >= 0.6 is 15.9 Å². The normalized spacial score (nSPS) is 16.5. The summed E-state index contributed by atoms with van der Waals surface area (Å²) in [6.45, 7) is 4.96. The summed E-state index contributed by atoms with van der Waals surface area (Å²) in [5.74, 6) is 0.251. The van der Waals surface area contributed by atoms with Gasteiger partial charge in [0.2, 0.25) is 11.8 Å². The minimum atomic E-state index is -0.363. The third-order valence-electron chi connectivity index (χ3n) is 4.66. The first-order chi connectivity index (χ1) is 13.0. The number of halogens is 1. The van der Waals surface area contributed by atoms with E-state index in [1.54, 1.807) is 4.90 Å². The molecule has 1 N–H and O–H groups in total. The number of nitrogens with zero attached hydrogens (tertiary/aromatic N) is 1. The van der Waals surface area contributed by atoms with E-state index in [4.69, 9.17) is 4.74 Å². The molecule has 0 bridgehead atoms. The van der Waals surface area contributed by atoms with E-state index in [9.17, 15) is 9.59 Å². The Morgan fingerprint density at radius 3 is 2.63 bits per heavy atom. The van der Waals surface area contributed by atoms with Crippen molar-refractivity contribution in [1.29, 1.82) is 0 Å². The van der Waals surface area contributed by atoms with Crippen LogP contribution in [0.4, 0.5) is 11.4 Å². The number of ether oxygens (including phenoxy) is 1.